The number of aromatic nitrogens is 2. The molecular weight excluding hydrogens is 392 g/mol. The number of hydrogen-bond donors (Lipinski definition) is 0. The van der Waals surface area contributed by atoms with Crippen LogP contribution in [0.4, 0.5) is 5.82 Å². The van der Waals surface area contributed by atoms with Crippen molar-refractivity contribution >= 4 is 15.8 Å². The number of nitrogens with zero attached hydrogens (tertiary/aromatic N) is 4. The topological polar surface area (TPSA) is 84.9 Å². The van der Waals surface area contributed by atoms with Crippen molar-refractivity contribution in [1.82, 2.24) is 14.3 Å². The first kappa shape index (κ1) is 21.3. The van der Waals surface area contributed by atoms with Crippen LogP contribution in [-0.2, 0) is 15.4 Å². The van der Waals surface area contributed by atoms with Gasteiger partial charge in [0.2, 0.25) is 15.9 Å². The number of rotatable bonds is 5. The standard InChI is InChI=1S/C20H28N4O4S/c1-20(2,3)15-6-8-16(9-7-15)29(25,26)24-12-10-23(11-13-24)17-14-18(27-4)22-19(21-17)28-5/h6-9,14H,10-13H2,1-5H3. The van der Waals surface area contributed by atoms with Gasteiger partial charge in [-0.05, 0) is 23.1 Å². The molecule has 1 aliphatic heterocycles. The summed E-state index contributed by atoms with van der Waals surface area (Å²) in [5.41, 5.74) is 1.08. The predicted molar refractivity (Wildman–Crippen MR) is 111 cm³/mol. The van der Waals surface area contributed by atoms with Crippen LogP contribution < -0.4 is 14.4 Å². The lowest BCUT2D eigenvalue weighted by atomic mass is 9.87. The maximum Gasteiger partial charge on any atom is 0.321 e. The van der Waals surface area contributed by atoms with E-state index in [9.17, 15) is 8.42 Å². The Morgan fingerprint density at radius 3 is 2.07 bits per heavy atom. The highest BCUT2D eigenvalue weighted by Crippen LogP contribution is 2.26. The van der Waals surface area contributed by atoms with Gasteiger partial charge in [0, 0.05) is 32.2 Å². The van der Waals surface area contributed by atoms with Crippen molar-refractivity contribution in [2.45, 2.75) is 31.1 Å². The second kappa shape index (κ2) is 8.16. The SMILES string of the molecule is COc1cc(N2CCN(S(=O)(=O)c3ccc(C(C)(C)C)cc3)CC2)nc(OC)n1. The molecule has 2 heterocycles. The van der Waals surface area contributed by atoms with Gasteiger partial charge in [-0.1, -0.05) is 32.9 Å². The van der Waals surface area contributed by atoms with E-state index in [0.29, 0.717) is 42.8 Å². The zero-order chi connectivity index (χ0) is 21.2. The Morgan fingerprint density at radius 1 is 0.931 bits per heavy atom. The van der Waals surface area contributed by atoms with Gasteiger partial charge in [-0.3, -0.25) is 0 Å². The summed E-state index contributed by atoms with van der Waals surface area (Å²) in [7, 11) is -0.508. The quantitative estimate of drug-likeness (QED) is 0.734. The summed E-state index contributed by atoms with van der Waals surface area (Å²) in [4.78, 5) is 10.8. The van der Waals surface area contributed by atoms with Crippen molar-refractivity contribution in [2.24, 2.45) is 0 Å². The normalized spacial score (nSPS) is 16.0. The number of anilines is 1. The monoisotopic (exact) mass is 420 g/mol. The van der Waals surface area contributed by atoms with Crippen LogP contribution in [0.1, 0.15) is 26.3 Å². The first-order valence-corrected chi connectivity index (χ1v) is 10.9. The first-order chi connectivity index (χ1) is 13.6. The van der Waals surface area contributed by atoms with Gasteiger partial charge in [-0.2, -0.15) is 14.3 Å². The maximum absolute atomic E-state index is 13.0. The van der Waals surface area contributed by atoms with Crippen molar-refractivity contribution < 1.29 is 17.9 Å². The van der Waals surface area contributed by atoms with Crippen molar-refractivity contribution in [3.8, 4) is 11.9 Å². The van der Waals surface area contributed by atoms with E-state index in [4.69, 9.17) is 9.47 Å². The molecule has 3 rings (SSSR count). The third-order valence-corrected chi connectivity index (χ3v) is 6.89. The van der Waals surface area contributed by atoms with E-state index in [-0.39, 0.29) is 11.4 Å². The molecule has 1 aromatic carbocycles. The second-order valence-corrected chi connectivity index (χ2v) is 9.86. The smallest absolute Gasteiger partial charge is 0.321 e. The number of benzene rings is 1. The van der Waals surface area contributed by atoms with Crippen LogP contribution in [0, 0.1) is 0 Å². The average molecular weight is 421 g/mol. The summed E-state index contributed by atoms with van der Waals surface area (Å²) < 4.78 is 37.9. The molecule has 1 aliphatic rings. The Labute approximate surface area is 172 Å². The van der Waals surface area contributed by atoms with Gasteiger partial charge in [0.15, 0.2) is 0 Å². The zero-order valence-corrected chi connectivity index (χ0v) is 18.4. The van der Waals surface area contributed by atoms with Crippen LogP contribution >= 0.6 is 0 Å². The minimum absolute atomic E-state index is 0.0203. The summed E-state index contributed by atoms with van der Waals surface area (Å²) in [5, 5.41) is 0. The largest absolute Gasteiger partial charge is 0.481 e. The number of hydrogen-bond acceptors (Lipinski definition) is 7. The molecule has 0 amide bonds. The van der Waals surface area contributed by atoms with Crippen LogP contribution in [0.25, 0.3) is 0 Å². The molecule has 0 N–H and O–H groups in total. The van der Waals surface area contributed by atoms with E-state index < -0.39 is 10.0 Å². The van der Waals surface area contributed by atoms with Crippen molar-refractivity contribution in [3.05, 3.63) is 35.9 Å². The van der Waals surface area contributed by atoms with E-state index in [1.807, 2.05) is 17.0 Å². The Kier molecular flexibility index (Phi) is 6.00. The number of ether oxygens (including phenoxy) is 2. The fourth-order valence-electron chi connectivity index (χ4n) is 3.18. The fourth-order valence-corrected chi connectivity index (χ4v) is 4.61. The summed E-state index contributed by atoms with van der Waals surface area (Å²) in [6, 6.07) is 9.11. The minimum Gasteiger partial charge on any atom is -0.481 e. The van der Waals surface area contributed by atoms with Crippen molar-refractivity contribution in [3.63, 3.8) is 0 Å². The fraction of sp³-hybridized carbons (Fsp3) is 0.500. The van der Waals surface area contributed by atoms with Gasteiger partial charge >= 0.3 is 6.01 Å². The Balaban J connectivity index is 1.73. The zero-order valence-electron chi connectivity index (χ0n) is 17.5. The molecule has 1 aromatic heterocycles. The molecule has 0 spiro atoms. The highest BCUT2D eigenvalue weighted by atomic mass is 32.2. The maximum atomic E-state index is 13.0. The number of piperazine rings is 1. The highest BCUT2D eigenvalue weighted by molar-refractivity contribution is 7.89. The van der Waals surface area contributed by atoms with E-state index in [2.05, 4.69) is 30.7 Å². The molecule has 0 atom stereocenters. The van der Waals surface area contributed by atoms with Crippen LogP contribution in [0.2, 0.25) is 0 Å². The molecule has 9 heteroatoms. The summed E-state index contributed by atoms with van der Waals surface area (Å²) >= 11 is 0. The molecule has 29 heavy (non-hydrogen) atoms. The first-order valence-electron chi connectivity index (χ1n) is 9.48. The van der Waals surface area contributed by atoms with E-state index >= 15 is 0 Å². The molecule has 0 aliphatic carbocycles. The lowest BCUT2D eigenvalue weighted by Gasteiger charge is -2.34. The summed E-state index contributed by atoms with van der Waals surface area (Å²) in [5.74, 6) is 1.06. The van der Waals surface area contributed by atoms with E-state index in [0.717, 1.165) is 5.56 Å². The lowest BCUT2D eigenvalue weighted by molar-refractivity contribution is 0.349. The minimum atomic E-state index is -3.53. The van der Waals surface area contributed by atoms with E-state index in [1.54, 1.807) is 18.2 Å². The Morgan fingerprint density at radius 2 is 1.55 bits per heavy atom. The van der Waals surface area contributed by atoms with Gasteiger partial charge in [-0.15, -0.1) is 0 Å². The van der Waals surface area contributed by atoms with Crippen LogP contribution in [0.3, 0.4) is 0 Å². The van der Waals surface area contributed by atoms with E-state index in [1.165, 1.54) is 18.5 Å². The van der Waals surface area contributed by atoms with Crippen LogP contribution in [-0.4, -0.2) is 63.1 Å². The molecular formula is C20H28N4O4S. The Hall–Kier alpha value is -2.39. The molecule has 1 saturated heterocycles. The van der Waals surface area contributed by atoms with Gasteiger partial charge in [0.05, 0.1) is 19.1 Å². The Bertz CT molecular complexity index is 925. The molecule has 0 radical (unpaired) electrons. The predicted octanol–water partition coefficient (Wildman–Crippen LogP) is 2.30. The molecule has 8 nitrogen and oxygen atoms in total. The molecule has 158 valence electrons. The molecule has 0 bridgehead atoms. The number of sulfonamides is 1. The van der Waals surface area contributed by atoms with Gasteiger partial charge in [0.1, 0.15) is 5.82 Å². The summed E-state index contributed by atoms with van der Waals surface area (Å²) in [6.07, 6.45) is 0. The molecule has 1 fully saturated rings. The average Bonchev–Trinajstić information content (AvgIpc) is 2.72. The third-order valence-electron chi connectivity index (χ3n) is 4.98. The number of methoxy groups -OCH3 is 2. The third kappa shape index (κ3) is 4.62. The van der Waals surface area contributed by atoms with Crippen LogP contribution in [0.15, 0.2) is 35.2 Å². The second-order valence-electron chi connectivity index (χ2n) is 7.92. The van der Waals surface area contributed by atoms with Crippen molar-refractivity contribution in [2.75, 3.05) is 45.3 Å². The lowest BCUT2D eigenvalue weighted by Crippen LogP contribution is -2.49. The van der Waals surface area contributed by atoms with Gasteiger partial charge < -0.3 is 14.4 Å². The molecule has 2 aromatic rings. The van der Waals surface area contributed by atoms with Gasteiger partial charge in [0.25, 0.3) is 0 Å². The summed E-state index contributed by atoms with van der Waals surface area (Å²) in [6.45, 7) is 8.09. The highest BCUT2D eigenvalue weighted by Gasteiger charge is 2.29. The molecule has 0 unspecified atom stereocenters. The molecule has 0 saturated carbocycles. The van der Waals surface area contributed by atoms with Crippen molar-refractivity contribution in [1.29, 1.82) is 0 Å². The van der Waals surface area contributed by atoms with Crippen LogP contribution in [0.5, 0.6) is 11.9 Å². The van der Waals surface area contributed by atoms with Gasteiger partial charge in [-0.25, -0.2) is 8.42 Å².